The number of likely N-dealkylation sites (tertiary alicyclic amines) is 1. The molecule has 0 spiro atoms. The van der Waals surface area contributed by atoms with Crippen molar-refractivity contribution in [1.82, 2.24) is 19.4 Å². The van der Waals surface area contributed by atoms with Crippen LogP contribution in [0.1, 0.15) is 46.6 Å². The standard InChI is InChI=1S/C31H31FN6O3/c32-26-14-21(16-33)4-6-23(26)20-41-31-3-1-2-29(36-31)34-24-8-11-37(12-9-24)18-30-35-27-7-5-22(19-39)15-28(27)38(30)17-25-10-13-40-25/h1-7,14-15,19,24-25H,8-13,17-18,20H2,(H,34,36)/t25-/m0/s1. The second-order valence-corrected chi connectivity index (χ2v) is 10.5. The highest BCUT2D eigenvalue weighted by Gasteiger charge is 2.25. The maximum absolute atomic E-state index is 14.2. The molecule has 41 heavy (non-hydrogen) atoms. The van der Waals surface area contributed by atoms with E-state index < -0.39 is 5.82 Å². The van der Waals surface area contributed by atoms with E-state index in [1.54, 1.807) is 18.2 Å². The number of nitriles is 1. The van der Waals surface area contributed by atoms with Crippen molar-refractivity contribution < 1.29 is 18.7 Å². The van der Waals surface area contributed by atoms with Crippen molar-refractivity contribution in [3.05, 3.63) is 82.9 Å². The number of fused-ring (bicyclic) bond motifs is 1. The quantitative estimate of drug-likeness (QED) is 0.281. The fraction of sp³-hybridized carbons (Fsp3) is 0.355. The van der Waals surface area contributed by atoms with Gasteiger partial charge < -0.3 is 19.4 Å². The van der Waals surface area contributed by atoms with Gasteiger partial charge in [0.05, 0.1) is 41.9 Å². The molecule has 0 saturated carbocycles. The van der Waals surface area contributed by atoms with Crippen molar-refractivity contribution in [3.63, 3.8) is 0 Å². The summed E-state index contributed by atoms with van der Waals surface area (Å²) in [6, 6.07) is 17.7. The van der Waals surface area contributed by atoms with Crippen LogP contribution in [0.25, 0.3) is 11.0 Å². The topological polar surface area (TPSA) is 105 Å². The van der Waals surface area contributed by atoms with E-state index in [-0.39, 0.29) is 24.3 Å². The van der Waals surface area contributed by atoms with Crippen LogP contribution in [0.15, 0.2) is 54.6 Å². The zero-order valence-corrected chi connectivity index (χ0v) is 22.6. The number of pyridine rings is 1. The summed E-state index contributed by atoms with van der Waals surface area (Å²) in [5, 5.41) is 12.4. The van der Waals surface area contributed by atoms with Crippen molar-refractivity contribution >= 4 is 23.1 Å². The maximum Gasteiger partial charge on any atom is 0.215 e. The third kappa shape index (κ3) is 6.21. The Balaban J connectivity index is 1.05. The van der Waals surface area contributed by atoms with Gasteiger partial charge in [-0.25, -0.2) is 9.37 Å². The van der Waals surface area contributed by atoms with E-state index in [2.05, 4.69) is 19.8 Å². The Hall–Kier alpha value is -4.33. The third-order valence-electron chi connectivity index (χ3n) is 7.75. The highest BCUT2D eigenvalue weighted by atomic mass is 19.1. The average Bonchev–Trinajstić information content (AvgIpc) is 3.31. The second-order valence-electron chi connectivity index (χ2n) is 10.5. The predicted molar refractivity (Wildman–Crippen MR) is 151 cm³/mol. The molecule has 0 bridgehead atoms. The zero-order valence-electron chi connectivity index (χ0n) is 22.6. The highest BCUT2D eigenvalue weighted by molar-refractivity contribution is 5.85. The van der Waals surface area contributed by atoms with Crippen LogP contribution in [0.4, 0.5) is 10.2 Å². The first-order valence-electron chi connectivity index (χ1n) is 13.9. The van der Waals surface area contributed by atoms with Crippen molar-refractivity contribution in [3.8, 4) is 11.9 Å². The fourth-order valence-corrected chi connectivity index (χ4v) is 5.33. The molecule has 1 N–H and O–H groups in total. The van der Waals surface area contributed by atoms with Crippen LogP contribution in [0, 0.1) is 17.1 Å². The Morgan fingerprint density at radius 1 is 1.12 bits per heavy atom. The summed E-state index contributed by atoms with van der Waals surface area (Å²) in [5.74, 6) is 1.65. The lowest BCUT2D eigenvalue weighted by atomic mass is 10.1. The number of aromatic nitrogens is 3. The minimum Gasteiger partial charge on any atom is -0.473 e. The van der Waals surface area contributed by atoms with Crippen molar-refractivity contribution in [2.75, 3.05) is 25.0 Å². The lowest BCUT2D eigenvalue weighted by Gasteiger charge is -2.33. The van der Waals surface area contributed by atoms with Gasteiger partial charge in [-0.05, 0) is 55.7 Å². The molecule has 6 rings (SSSR count). The van der Waals surface area contributed by atoms with Crippen LogP contribution in [-0.4, -0.2) is 57.6 Å². The molecule has 4 heterocycles. The number of hydrogen-bond donors (Lipinski definition) is 1. The third-order valence-corrected chi connectivity index (χ3v) is 7.75. The second kappa shape index (κ2) is 12.0. The Bertz CT molecular complexity index is 1590. The van der Waals surface area contributed by atoms with Gasteiger partial charge in [0.25, 0.3) is 0 Å². The normalized spacial score (nSPS) is 17.6. The molecule has 0 radical (unpaired) electrons. The number of nitrogens with one attached hydrogen (secondary N) is 1. The molecule has 2 fully saturated rings. The molecule has 2 aromatic carbocycles. The monoisotopic (exact) mass is 554 g/mol. The Morgan fingerprint density at radius 2 is 1.98 bits per heavy atom. The van der Waals surface area contributed by atoms with Gasteiger partial charge in [-0.1, -0.05) is 12.1 Å². The minimum absolute atomic E-state index is 0.0283. The summed E-state index contributed by atoms with van der Waals surface area (Å²) >= 11 is 0. The van der Waals surface area contributed by atoms with Crippen LogP contribution < -0.4 is 10.1 Å². The number of piperidine rings is 1. The van der Waals surface area contributed by atoms with E-state index in [0.29, 0.717) is 17.0 Å². The lowest BCUT2D eigenvalue weighted by Crippen LogP contribution is -2.39. The number of carbonyl (C=O) groups is 1. The maximum atomic E-state index is 14.2. The molecule has 2 saturated heterocycles. The predicted octanol–water partition coefficient (Wildman–Crippen LogP) is 4.70. The Labute approximate surface area is 237 Å². The molecule has 0 amide bonds. The number of aldehydes is 1. The van der Waals surface area contributed by atoms with Gasteiger partial charge in [0.15, 0.2) is 0 Å². The van der Waals surface area contributed by atoms with Gasteiger partial charge in [0.1, 0.15) is 30.4 Å². The summed E-state index contributed by atoms with van der Waals surface area (Å²) in [7, 11) is 0. The van der Waals surface area contributed by atoms with E-state index in [1.807, 2.05) is 36.4 Å². The van der Waals surface area contributed by atoms with E-state index in [4.69, 9.17) is 19.7 Å². The van der Waals surface area contributed by atoms with E-state index in [1.165, 1.54) is 6.07 Å². The molecular formula is C31H31FN6O3. The van der Waals surface area contributed by atoms with E-state index >= 15 is 0 Å². The number of rotatable bonds is 10. The van der Waals surface area contributed by atoms with Crippen molar-refractivity contribution in [2.24, 2.45) is 0 Å². The number of nitrogens with zero attached hydrogens (tertiary/aromatic N) is 5. The van der Waals surface area contributed by atoms with Gasteiger partial charge in [0.2, 0.25) is 5.88 Å². The first-order valence-corrected chi connectivity index (χ1v) is 13.9. The van der Waals surface area contributed by atoms with Crippen LogP contribution in [-0.2, 0) is 24.4 Å². The van der Waals surface area contributed by atoms with Gasteiger partial charge in [-0.2, -0.15) is 10.2 Å². The largest absolute Gasteiger partial charge is 0.473 e. The van der Waals surface area contributed by atoms with Crippen LogP contribution >= 0.6 is 0 Å². The van der Waals surface area contributed by atoms with Gasteiger partial charge in [-0.15, -0.1) is 0 Å². The van der Waals surface area contributed by atoms with Crippen molar-refractivity contribution in [1.29, 1.82) is 5.26 Å². The summed E-state index contributed by atoms with van der Waals surface area (Å²) in [6.07, 6.45) is 4.00. The van der Waals surface area contributed by atoms with Crippen LogP contribution in [0.5, 0.6) is 5.88 Å². The summed E-state index contributed by atoms with van der Waals surface area (Å²) in [4.78, 5) is 23.3. The average molecular weight is 555 g/mol. The molecule has 4 aromatic rings. The molecule has 2 aliphatic heterocycles. The Kier molecular flexibility index (Phi) is 7.89. The molecule has 0 unspecified atom stereocenters. The van der Waals surface area contributed by atoms with Gasteiger partial charge in [0, 0.05) is 42.9 Å². The van der Waals surface area contributed by atoms with Crippen LogP contribution in [0.2, 0.25) is 0 Å². The Morgan fingerprint density at radius 3 is 2.71 bits per heavy atom. The zero-order chi connectivity index (χ0) is 28.2. The number of imidazole rings is 1. The van der Waals surface area contributed by atoms with Gasteiger partial charge >= 0.3 is 0 Å². The minimum atomic E-state index is -0.470. The first-order chi connectivity index (χ1) is 20.1. The number of hydrogen-bond acceptors (Lipinski definition) is 8. The number of carbonyl (C=O) groups excluding carboxylic acids is 1. The highest BCUT2D eigenvalue weighted by Crippen LogP contribution is 2.25. The molecular weight excluding hydrogens is 523 g/mol. The smallest absolute Gasteiger partial charge is 0.215 e. The fourth-order valence-electron chi connectivity index (χ4n) is 5.33. The number of ether oxygens (including phenoxy) is 2. The number of halogens is 1. The summed E-state index contributed by atoms with van der Waals surface area (Å²) in [6.45, 7) is 4.13. The summed E-state index contributed by atoms with van der Waals surface area (Å²) in [5.41, 5.74) is 3.17. The molecule has 1 atom stereocenters. The molecule has 9 nitrogen and oxygen atoms in total. The van der Waals surface area contributed by atoms with Crippen molar-refractivity contribution in [2.45, 2.75) is 51.1 Å². The SMILES string of the molecule is N#Cc1ccc(COc2cccc(NC3CCN(Cc4nc5ccc(C=O)cc5n4C[C@@H]4CCO4)CC3)n2)c(F)c1. The van der Waals surface area contributed by atoms with Gasteiger partial charge in [-0.3, -0.25) is 9.69 Å². The summed E-state index contributed by atoms with van der Waals surface area (Å²) < 4.78 is 27.8. The number of benzene rings is 2. The molecule has 10 heteroatoms. The molecule has 210 valence electrons. The lowest BCUT2D eigenvalue weighted by molar-refractivity contribution is -0.0592. The molecule has 0 aliphatic carbocycles. The van der Waals surface area contributed by atoms with E-state index in [0.717, 1.165) is 81.0 Å². The first kappa shape index (κ1) is 26.9. The van der Waals surface area contributed by atoms with E-state index in [9.17, 15) is 9.18 Å². The number of anilines is 1. The van der Waals surface area contributed by atoms with Crippen LogP contribution in [0.3, 0.4) is 0 Å². The molecule has 2 aliphatic rings. The molecule has 2 aromatic heterocycles.